The highest BCUT2D eigenvalue weighted by Gasteiger charge is 2.12. The lowest BCUT2D eigenvalue weighted by Gasteiger charge is -2.02. The average molecular weight is 410 g/mol. The topological polar surface area (TPSA) is 101 Å². The molecule has 0 fully saturated rings. The molecule has 9 heteroatoms. The minimum Gasteiger partial charge on any atom is -0.360 e. The Morgan fingerprint density at radius 3 is 2.79 bits per heavy atom. The quantitative estimate of drug-likeness (QED) is 0.267. The van der Waals surface area contributed by atoms with Crippen LogP contribution in [0.5, 0.6) is 0 Å². The second-order valence-corrected chi connectivity index (χ2v) is 7.78. The summed E-state index contributed by atoms with van der Waals surface area (Å²) in [6, 6.07) is 14.1. The highest BCUT2D eigenvalue weighted by Crippen LogP contribution is 2.31. The van der Waals surface area contributed by atoms with Gasteiger partial charge >= 0.3 is 0 Å². The monoisotopic (exact) mass is 410 g/mol. The van der Waals surface area contributed by atoms with Gasteiger partial charge in [0.2, 0.25) is 5.91 Å². The third kappa shape index (κ3) is 3.90. The van der Waals surface area contributed by atoms with Crippen LogP contribution < -0.4 is 5.32 Å². The first-order valence-electron chi connectivity index (χ1n) is 8.29. The molecule has 7 nitrogen and oxygen atoms in total. The van der Waals surface area contributed by atoms with Crippen molar-refractivity contribution in [3.8, 4) is 11.3 Å². The number of thioether (sulfide) groups is 1. The Balaban J connectivity index is 1.38. The fraction of sp³-hybridized carbons (Fsp3) is 0.0526. The average Bonchev–Trinajstić information content (AvgIpc) is 3.33. The molecule has 0 bridgehead atoms. The number of carbonyl (C=O) groups is 1. The summed E-state index contributed by atoms with van der Waals surface area (Å²) in [7, 11) is 0. The molecule has 2 aromatic carbocycles. The van der Waals surface area contributed by atoms with E-state index in [9.17, 15) is 14.9 Å². The van der Waals surface area contributed by atoms with Gasteiger partial charge in [-0.15, -0.1) is 23.1 Å². The van der Waals surface area contributed by atoms with Crippen molar-refractivity contribution in [2.45, 2.75) is 4.90 Å². The number of nitro groups is 1. The fourth-order valence-corrected chi connectivity index (χ4v) is 4.13. The number of nitrogens with one attached hydrogen (secondary N) is 2. The molecule has 0 unspecified atom stereocenters. The van der Waals surface area contributed by atoms with Gasteiger partial charge in [-0.05, 0) is 18.2 Å². The summed E-state index contributed by atoms with van der Waals surface area (Å²) < 4.78 is 0. The number of rotatable bonds is 6. The number of amides is 1. The summed E-state index contributed by atoms with van der Waals surface area (Å²) in [5.74, 6) is 0.0166. The van der Waals surface area contributed by atoms with Crippen molar-refractivity contribution in [2.75, 3.05) is 11.1 Å². The first kappa shape index (κ1) is 18.2. The molecule has 0 atom stereocenters. The Labute approximate surface area is 168 Å². The molecule has 4 rings (SSSR count). The summed E-state index contributed by atoms with van der Waals surface area (Å²) in [5.41, 5.74) is 2.87. The Morgan fingerprint density at radius 1 is 1.21 bits per heavy atom. The number of non-ortho nitro benzene ring substituents is 1. The summed E-state index contributed by atoms with van der Waals surface area (Å²) in [6.45, 7) is 0. The molecule has 0 spiro atoms. The molecule has 2 heterocycles. The molecular formula is C19H14N4O3S2. The minimum absolute atomic E-state index is 0.0291. The van der Waals surface area contributed by atoms with Gasteiger partial charge in [0.15, 0.2) is 5.13 Å². The van der Waals surface area contributed by atoms with Crippen LogP contribution >= 0.6 is 23.1 Å². The number of hydrogen-bond acceptors (Lipinski definition) is 6. The predicted molar refractivity (Wildman–Crippen MR) is 112 cm³/mol. The normalized spacial score (nSPS) is 10.9. The molecule has 28 heavy (non-hydrogen) atoms. The Bertz CT molecular complexity index is 1150. The molecular weight excluding hydrogens is 396 g/mol. The van der Waals surface area contributed by atoms with Crippen LogP contribution in [0.25, 0.3) is 22.2 Å². The van der Waals surface area contributed by atoms with Gasteiger partial charge in [-0.2, -0.15) is 0 Å². The molecule has 4 aromatic rings. The number of thiazole rings is 1. The Hall–Kier alpha value is -3.17. The highest BCUT2D eigenvalue weighted by atomic mass is 32.2. The van der Waals surface area contributed by atoms with Crippen molar-refractivity contribution in [3.05, 3.63) is 70.2 Å². The van der Waals surface area contributed by atoms with E-state index < -0.39 is 4.92 Å². The number of anilines is 1. The molecule has 0 saturated carbocycles. The van der Waals surface area contributed by atoms with Crippen molar-refractivity contribution < 1.29 is 9.72 Å². The summed E-state index contributed by atoms with van der Waals surface area (Å²) in [6.07, 6.45) is 1.91. The van der Waals surface area contributed by atoms with Crippen LogP contribution in [0, 0.1) is 10.1 Å². The van der Waals surface area contributed by atoms with Gasteiger partial charge in [-0.3, -0.25) is 14.9 Å². The highest BCUT2D eigenvalue weighted by molar-refractivity contribution is 8.00. The smallest absolute Gasteiger partial charge is 0.269 e. The van der Waals surface area contributed by atoms with Gasteiger partial charge in [-0.25, -0.2) is 4.98 Å². The number of hydrogen-bond donors (Lipinski definition) is 2. The van der Waals surface area contributed by atoms with E-state index in [2.05, 4.69) is 15.3 Å². The van der Waals surface area contributed by atoms with Crippen molar-refractivity contribution in [1.29, 1.82) is 0 Å². The summed E-state index contributed by atoms with van der Waals surface area (Å²) in [5, 5.41) is 17.0. The van der Waals surface area contributed by atoms with Crippen LogP contribution in [0.4, 0.5) is 10.8 Å². The first-order valence-corrected chi connectivity index (χ1v) is 10.2. The van der Waals surface area contributed by atoms with E-state index in [0.717, 1.165) is 27.1 Å². The van der Waals surface area contributed by atoms with E-state index in [1.165, 1.54) is 35.2 Å². The summed E-state index contributed by atoms with van der Waals surface area (Å²) in [4.78, 5) is 30.9. The molecule has 0 aliphatic carbocycles. The van der Waals surface area contributed by atoms with E-state index in [-0.39, 0.29) is 17.3 Å². The van der Waals surface area contributed by atoms with E-state index >= 15 is 0 Å². The zero-order chi connectivity index (χ0) is 19.5. The molecule has 2 N–H and O–H groups in total. The maximum absolute atomic E-state index is 12.2. The number of aromatic nitrogens is 2. The van der Waals surface area contributed by atoms with Crippen LogP contribution in [0.1, 0.15) is 0 Å². The number of H-pyrrole nitrogens is 1. The maximum atomic E-state index is 12.2. The molecule has 0 aliphatic heterocycles. The lowest BCUT2D eigenvalue weighted by molar-refractivity contribution is -0.384. The Kier molecular flexibility index (Phi) is 5.09. The zero-order valence-corrected chi connectivity index (χ0v) is 16.0. The number of fused-ring (bicyclic) bond motifs is 1. The molecule has 0 saturated heterocycles. The van der Waals surface area contributed by atoms with Gasteiger partial charge in [0.25, 0.3) is 5.69 Å². The lowest BCUT2D eigenvalue weighted by Crippen LogP contribution is -2.13. The lowest BCUT2D eigenvalue weighted by atomic mass is 10.1. The van der Waals surface area contributed by atoms with Gasteiger partial charge < -0.3 is 10.3 Å². The second-order valence-electron chi connectivity index (χ2n) is 5.87. The number of para-hydroxylation sites is 1. The Morgan fingerprint density at radius 2 is 2.00 bits per heavy atom. The fourth-order valence-electron chi connectivity index (χ4n) is 2.71. The van der Waals surface area contributed by atoms with E-state index in [1.807, 2.05) is 35.8 Å². The molecule has 0 radical (unpaired) electrons. The third-order valence-electron chi connectivity index (χ3n) is 4.03. The van der Waals surface area contributed by atoms with Crippen LogP contribution in [0.15, 0.2) is 65.0 Å². The number of aromatic amines is 1. The van der Waals surface area contributed by atoms with Crippen LogP contribution in [0.2, 0.25) is 0 Å². The van der Waals surface area contributed by atoms with Gasteiger partial charge in [0.05, 0.1) is 16.4 Å². The van der Waals surface area contributed by atoms with E-state index in [0.29, 0.717) is 5.13 Å². The number of benzene rings is 2. The zero-order valence-electron chi connectivity index (χ0n) is 14.4. The van der Waals surface area contributed by atoms with Crippen LogP contribution in [-0.2, 0) is 4.79 Å². The van der Waals surface area contributed by atoms with Crippen LogP contribution in [-0.4, -0.2) is 26.6 Å². The number of nitrogens with zero attached hydrogens (tertiary/aromatic N) is 2. The molecule has 0 aliphatic rings. The number of carbonyl (C=O) groups excluding carboxylic acids is 1. The maximum Gasteiger partial charge on any atom is 0.269 e. The predicted octanol–water partition coefficient (Wildman–Crippen LogP) is 4.93. The minimum atomic E-state index is -0.449. The van der Waals surface area contributed by atoms with Gasteiger partial charge in [0.1, 0.15) is 0 Å². The molecule has 1 amide bonds. The van der Waals surface area contributed by atoms with Crippen molar-refractivity contribution >= 4 is 50.7 Å². The number of nitro benzene ring substituents is 1. The van der Waals surface area contributed by atoms with Gasteiger partial charge in [0, 0.05) is 45.1 Å². The third-order valence-corrected chi connectivity index (χ3v) is 5.80. The first-order chi connectivity index (χ1) is 13.6. The van der Waals surface area contributed by atoms with E-state index in [1.54, 1.807) is 12.1 Å². The largest absolute Gasteiger partial charge is 0.360 e. The standard InChI is InChI=1S/C19H14N4O3S2/c24-18(11-27-13-7-5-12(6-8-13)23(25)26)22-19-21-17(10-28-19)15-9-20-16-4-2-1-3-14(15)16/h1-10,20H,11H2,(H,21,22,24). The molecule has 140 valence electrons. The van der Waals surface area contributed by atoms with E-state index in [4.69, 9.17) is 0 Å². The SMILES string of the molecule is O=C(CSc1ccc([N+](=O)[O-])cc1)Nc1nc(-c2c[nH]c3ccccc23)cs1. The summed E-state index contributed by atoms with van der Waals surface area (Å²) >= 11 is 2.68. The molecule has 2 aromatic heterocycles. The second kappa shape index (κ2) is 7.83. The van der Waals surface area contributed by atoms with Crippen LogP contribution in [0.3, 0.4) is 0 Å². The van der Waals surface area contributed by atoms with Crippen molar-refractivity contribution in [2.24, 2.45) is 0 Å². The van der Waals surface area contributed by atoms with Gasteiger partial charge in [-0.1, -0.05) is 18.2 Å². The van der Waals surface area contributed by atoms with Crippen molar-refractivity contribution in [1.82, 2.24) is 9.97 Å². The van der Waals surface area contributed by atoms with Crippen molar-refractivity contribution in [3.63, 3.8) is 0 Å².